The Kier molecular flexibility index (Phi) is 3.96. The second-order valence-corrected chi connectivity index (χ2v) is 5.94. The van der Waals surface area contributed by atoms with E-state index in [4.69, 9.17) is 11.6 Å². The summed E-state index contributed by atoms with van der Waals surface area (Å²) in [5, 5.41) is 3.29. The highest BCUT2D eigenvalue weighted by Crippen LogP contribution is 2.25. The maximum absolute atomic E-state index is 12.6. The van der Waals surface area contributed by atoms with Crippen LogP contribution in [-0.4, -0.2) is 15.5 Å². The Morgan fingerprint density at radius 2 is 1.56 bits per heavy atom. The maximum atomic E-state index is 12.6. The van der Waals surface area contributed by atoms with Crippen LogP contribution in [0, 0.1) is 0 Å². The lowest BCUT2D eigenvalue weighted by atomic mass is 10.2. The third-order valence-electron chi connectivity index (χ3n) is 3.92. The number of fused-ring (bicyclic) bond motifs is 1. The standard InChI is InChI=1S/C20H14ClN3O/c21-16-11-5-4-10-15(16)19(25)23-20-22-17-12-6-7-13-18(17)24(20)14-8-2-1-3-9-14/h1-13H,(H,22,23,25). The third kappa shape index (κ3) is 2.88. The van der Waals surface area contributed by atoms with Crippen LogP contribution < -0.4 is 5.32 Å². The van der Waals surface area contributed by atoms with E-state index in [0.29, 0.717) is 16.5 Å². The minimum absolute atomic E-state index is 0.293. The molecule has 0 fully saturated rings. The fourth-order valence-electron chi connectivity index (χ4n) is 2.76. The summed E-state index contributed by atoms with van der Waals surface area (Å²) < 4.78 is 1.92. The van der Waals surface area contributed by atoms with Crippen LogP contribution in [0.1, 0.15) is 10.4 Å². The lowest BCUT2D eigenvalue weighted by molar-refractivity contribution is 0.102. The largest absolute Gasteiger partial charge is 0.291 e. The number of hydrogen-bond donors (Lipinski definition) is 1. The van der Waals surface area contributed by atoms with Gasteiger partial charge in [-0.15, -0.1) is 0 Å². The van der Waals surface area contributed by atoms with Crippen LogP contribution in [0.4, 0.5) is 5.95 Å². The summed E-state index contributed by atoms with van der Waals surface area (Å²) in [7, 11) is 0. The van der Waals surface area contributed by atoms with Gasteiger partial charge < -0.3 is 0 Å². The summed E-state index contributed by atoms with van der Waals surface area (Å²) in [6.07, 6.45) is 0. The smallest absolute Gasteiger partial charge is 0.259 e. The van der Waals surface area contributed by atoms with Gasteiger partial charge in [-0.05, 0) is 36.4 Å². The van der Waals surface area contributed by atoms with Crippen LogP contribution in [-0.2, 0) is 0 Å². The molecule has 0 bridgehead atoms. The van der Waals surface area contributed by atoms with Crippen molar-refractivity contribution in [2.24, 2.45) is 0 Å². The van der Waals surface area contributed by atoms with E-state index in [1.807, 2.05) is 59.2 Å². The molecule has 0 aliphatic carbocycles. The summed E-state index contributed by atoms with van der Waals surface area (Å²) in [5.41, 5.74) is 3.06. The predicted octanol–water partition coefficient (Wildman–Crippen LogP) is 4.93. The molecule has 1 heterocycles. The van der Waals surface area contributed by atoms with Crippen LogP contribution in [0.5, 0.6) is 0 Å². The van der Waals surface area contributed by atoms with Crippen molar-refractivity contribution < 1.29 is 4.79 Å². The first kappa shape index (κ1) is 15.4. The van der Waals surface area contributed by atoms with Crippen molar-refractivity contribution in [3.05, 3.63) is 89.4 Å². The zero-order chi connectivity index (χ0) is 17.2. The number of nitrogens with zero attached hydrogens (tertiary/aromatic N) is 2. The molecule has 0 aliphatic heterocycles. The van der Waals surface area contributed by atoms with Crippen LogP contribution in [0.2, 0.25) is 5.02 Å². The van der Waals surface area contributed by atoms with E-state index in [1.54, 1.807) is 24.3 Å². The number of imidazole rings is 1. The number of carbonyl (C=O) groups is 1. The lowest BCUT2D eigenvalue weighted by Gasteiger charge is -2.10. The van der Waals surface area contributed by atoms with Gasteiger partial charge in [-0.1, -0.05) is 54.1 Å². The minimum atomic E-state index is -0.293. The second-order valence-electron chi connectivity index (χ2n) is 5.53. The van der Waals surface area contributed by atoms with Gasteiger partial charge in [0.05, 0.1) is 21.6 Å². The molecule has 122 valence electrons. The average Bonchev–Trinajstić information content (AvgIpc) is 3.00. The molecule has 0 aliphatic rings. The minimum Gasteiger partial charge on any atom is -0.291 e. The zero-order valence-corrected chi connectivity index (χ0v) is 13.9. The summed E-state index contributed by atoms with van der Waals surface area (Å²) in [5.74, 6) is 0.162. The van der Waals surface area contributed by atoms with Crippen molar-refractivity contribution in [3.8, 4) is 5.69 Å². The highest BCUT2D eigenvalue weighted by Gasteiger charge is 2.16. The molecule has 1 amide bonds. The quantitative estimate of drug-likeness (QED) is 0.571. The van der Waals surface area contributed by atoms with E-state index in [1.165, 1.54) is 0 Å². The molecule has 0 spiro atoms. The van der Waals surface area contributed by atoms with Crippen molar-refractivity contribution in [2.45, 2.75) is 0 Å². The lowest BCUT2D eigenvalue weighted by Crippen LogP contribution is -2.16. The molecule has 4 nitrogen and oxygen atoms in total. The van der Waals surface area contributed by atoms with Gasteiger partial charge in [0, 0.05) is 5.69 Å². The van der Waals surface area contributed by atoms with E-state index in [0.717, 1.165) is 16.7 Å². The molecule has 1 aromatic heterocycles. The number of amides is 1. The van der Waals surface area contributed by atoms with Gasteiger partial charge in [-0.25, -0.2) is 4.98 Å². The first-order valence-corrected chi connectivity index (χ1v) is 8.20. The fourth-order valence-corrected chi connectivity index (χ4v) is 2.98. The highest BCUT2D eigenvalue weighted by atomic mass is 35.5. The molecule has 0 saturated heterocycles. The van der Waals surface area contributed by atoms with Crippen molar-refractivity contribution in [3.63, 3.8) is 0 Å². The number of anilines is 1. The van der Waals surface area contributed by atoms with E-state index >= 15 is 0 Å². The topological polar surface area (TPSA) is 46.9 Å². The van der Waals surface area contributed by atoms with Gasteiger partial charge in [0.1, 0.15) is 0 Å². The average molecular weight is 348 g/mol. The molecule has 0 unspecified atom stereocenters. The Morgan fingerprint density at radius 3 is 2.36 bits per heavy atom. The maximum Gasteiger partial charge on any atom is 0.259 e. The molecule has 0 radical (unpaired) electrons. The van der Waals surface area contributed by atoms with Crippen molar-refractivity contribution >= 4 is 34.5 Å². The van der Waals surface area contributed by atoms with Crippen molar-refractivity contribution in [1.29, 1.82) is 0 Å². The number of para-hydroxylation sites is 3. The fraction of sp³-hybridized carbons (Fsp3) is 0. The Hall–Kier alpha value is -3.11. The van der Waals surface area contributed by atoms with Crippen molar-refractivity contribution in [2.75, 3.05) is 5.32 Å². The summed E-state index contributed by atoms with van der Waals surface area (Å²) >= 11 is 6.13. The molecule has 1 N–H and O–H groups in total. The molecule has 4 aromatic rings. The molecule has 0 saturated carbocycles. The molecule has 4 rings (SSSR count). The third-order valence-corrected chi connectivity index (χ3v) is 4.25. The predicted molar refractivity (Wildman–Crippen MR) is 100 cm³/mol. The molecule has 0 atom stereocenters. The Labute approximate surface area is 149 Å². The number of hydrogen-bond acceptors (Lipinski definition) is 2. The molecular weight excluding hydrogens is 334 g/mol. The summed E-state index contributed by atoms with van der Waals surface area (Å²) in [6.45, 7) is 0. The number of rotatable bonds is 3. The van der Waals surface area contributed by atoms with E-state index in [-0.39, 0.29) is 5.91 Å². The molecule has 5 heteroatoms. The van der Waals surface area contributed by atoms with E-state index in [2.05, 4.69) is 10.3 Å². The van der Waals surface area contributed by atoms with E-state index in [9.17, 15) is 4.79 Å². The number of halogens is 1. The number of aromatic nitrogens is 2. The molecule has 3 aromatic carbocycles. The van der Waals surface area contributed by atoms with Gasteiger partial charge in [0.15, 0.2) is 0 Å². The van der Waals surface area contributed by atoms with Crippen molar-refractivity contribution in [1.82, 2.24) is 9.55 Å². The summed E-state index contributed by atoms with van der Waals surface area (Å²) in [4.78, 5) is 17.2. The molecule has 25 heavy (non-hydrogen) atoms. The van der Waals surface area contributed by atoms with Crippen LogP contribution in [0.3, 0.4) is 0 Å². The Bertz CT molecular complexity index is 1060. The Morgan fingerprint density at radius 1 is 0.880 bits per heavy atom. The second kappa shape index (κ2) is 6.42. The van der Waals surface area contributed by atoms with Gasteiger partial charge in [-0.2, -0.15) is 0 Å². The first-order chi connectivity index (χ1) is 12.2. The first-order valence-electron chi connectivity index (χ1n) is 7.83. The number of nitrogens with one attached hydrogen (secondary N) is 1. The van der Waals surface area contributed by atoms with Crippen LogP contribution in [0.25, 0.3) is 16.7 Å². The number of benzene rings is 3. The van der Waals surface area contributed by atoms with Crippen LogP contribution >= 0.6 is 11.6 Å². The zero-order valence-electron chi connectivity index (χ0n) is 13.2. The molecular formula is C20H14ClN3O. The monoisotopic (exact) mass is 347 g/mol. The Balaban J connectivity index is 1.82. The van der Waals surface area contributed by atoms with Gasteiger partial charge in [0.2, 0.25) is 5.95 Å². The van der Waals surface area contributed by atoms with E-state index < -0.39 is 0 Å². The van der Waals surface area contributed by atoms with Gasteiger partial charge in [0.25, 0.3) is 5.91 Å². The SMILES string of the molecule is O=C(Nc1nc2ccccc2n1-c1ccccc1)c1ccccc1Cl. The normalized spacial score (nSPS) is 10.8. The van der Waals surface area contributed by atoms with Gasteiger partial charge in [-0.3, -0.25) is 14.7 Å². The van der Waals surface area contributed by atoms with Crippen LogP contribution in [0.15, 0.2) is 78.9 Å². The van der Waals surface area contributed by atoms with Gasteiger partial charge >= 0.3 is 0 Å². The number of carbonyl (C=O) groups excluding carboxylic acids is 1. The highest BCUT2D eigenvalue weighted by molar-refractivity contribution is 6.34. The summed E-state index contributed by atoms with van der Waals surface area (Å²) in [6, 6.07) is 24.5.